The normalized spacial score (nSPS) is 16.6. The molecule has 1 saturated carbocycles. The number of nitrogens with zero attached hydrogens (tertiary/aromatic N) is 2. The molecule has 5 nitrogen and oxygen atoms in total. The Bertz CT molecular complexity index is 709. The van der Waals surface area contributed by atoms with Crippen molar-refractivity contribution in [1.29, 1.82) is 0 Å². The van der Waals surface area contributed by atoms with E-state index in [9.17, 15) is 4.79 Å². The van der Waals surface area contributed by atoms with Crippen molar-refractivity contribution in [1.82, 2.24) is 4.98 Å². The highest BCUT2D eigenvalue weighted by Gasteiger charge is 2.51. The van der Waals surface area contributed by atoms with Crippen LogP contribution in [-0.4, -0.2) is 16.7 Å². The van der Waals surface area contributed by atoms with Gasteiger partial charge >= 0.3 is 0 Å². The van der Waals surface area contributed by atoms with Crippen molar-refractivity contribution >= 4 is 28.2 Å². The fourth-order valence-electron chi connectivity index (χ4n) is 2.26. The lowest BCUT2D eigenvalue weighted by atomic mass is 9.95. The summed E-state index contributed by atoms with van der Waals surface area (Å²) in [5, 5.41) is 5.60. The van der Waals surface area contributed by atoms with Crippen LogP contribution in [0.2, 0.25) is 0 Å². The minimum absolute atomic E-state index is 0. The van der Waals surface area contributed by atoms with Crippen LogP contribution < -0.4 is 11.1 Å². The number of rotatable bonds is 5. The highest BCUT2D eigenvalue weighted by molar-refractivity contribution is 7.13. The minimum atomic E-state index is -0.470. The van der Waals surface area contributed by atoms with E-state index in [1.807, 2.05) is 35.7 Å². The maximum Gasteiger partial charge on any atom is 0.258 e. The van der Waals surface area contributed by atoms with Crippen LogP contribution in [0.1, 0.15) is 19.8 Å². The Morgan fingerprint density at radius 2 is 2.18 bits per heavy atom. The fraction of sp³-hybridized carbons (Fsp3) is 0.188. The average Bonchev–Trinajstić information content (AvgIpc) is 3.19. The Kier molecular flexibility index (Phi) is 4.02. The summed E-state index contributed by atoms with van der Waals surface area (Å²) in [6.07, 6.45) is 6.56. The SMILES string of the molecule is NC(/C=C\Nc1nccs1)=NC(=O)C1(c2ccccc2)CC1.[HH]. The van der Waals surface area contributed by atoms with Crippen LogP contribution in [0.15, 0.2) is 59.2 Å². The molecule has 0 saturated heterocycles. The number of carbonyl (C=O) groups is 1. The molecule has 3 N–H and O–H groups in total. The number of aromatic nitrogens is 1. The monoisotopic (exact) mass is 314 g/mol. The van der Waals surface area contributed by atoms with Crippen molar-refractivity contribution in [3.63, 3.8) is 0 Å². The molecule has 22 heavy (non-hydrogen) atoms. The van der Waals surface area contributed by atoms with Gasteiger partial charge in [-0.05, 0) is 24.5 Å². The number of amidine groups is 1. The third-order valence-corrected chi connectivity index (χ3v) is 4.31. The maximum absolute atomic E-state index is 12.4. The van der Waals surface area contributed by atoms with Gasteiger partial charge in [-0.15, -0.1) is 11.3 Å². The van der Waals surface area contributed by atoms with E-state index in [0.29, 0.717) is 0 Å². The summed E-state index contributed by atoms with van der Waals surface area (Å²) in [6.45, 7) is 0. The van der Waals surface area contributed by atoms with Gasteiger partial charge < -0.3 is 11.1 Å². The van der Waals surface area contributed by atoms with E-state index < -0.39 is 5.41 Å². The zero-order valence-electron chi connectivity index (χ0n) is 11.9. The smallest absolute Gasteiger partial charge is 0.258 e. The molecule has 114 valence electrons. The van der Waals surface area contributed by atoms with Gasteiger partial charge in [-0.1, -0.05) is 30.3 Å². The van der Waals surface area contributed by atoms with E-state index in [2.05, 4.69) is 15.3 Å². The molecule has 0 radical (unpaired) electrons. The summed E-state index contributed by atoms with van der Waals surface area (Å²) >= 11 is 1.48. The fourth-order valence-corrected chi connectivity index (χ4v) is 2.77. The summed E-state index contributed by atoms with van der Waals surface area (Å²) < 4.78 is 0. The maximum atomic E-state index is 12.4. The summed E-state index contributed by atoms with van der Waals surface area (Å²) in [5.41, 5.74) is 6.35. The van der Waals surface area contributed by atoms with Crippen LogP contribution in [-0.2, 0) is 10.2 Å². The largest absolute Gasteiger partial charge is 0.384 e. The first-order valence-corrected chi connectivity index (χ1v) is 7.85. The first-order chi connectivity index (χ1) is 10.7. The van der Waals surface area contributed by atoms with Crippen LogP contribution in [0.4, 0.5) is 5.13 Å². The third-order valence-electron chi connectivity index (χ3n) is 3.61. The molecule has 1 fully saturated rings. The van der Waals surface area contributed by atoms with E-state index in [0.717, 1.165) is 23.5 Å². The first kappa shape index (κ1) is 14.5. The van der Waals surface area contributed by atoms with E-state index in [1.165, 1.54) is 11.3 Å². The van der Waals surface area contributed by atoms with Gasteiger partial charge in [-0.25, -0.2) is 4.98 Å². The van der Waals surface area contributed by atoms with Gasteiger partial charge in [0.1, 0.15) is 5.84 Å². The number of anilines is 1. The van der Waals surface area contributed by atoms with Crippen LogP contribution >= 0.6 is 11.3 Å². The molecule has 6 heteroatoms. The van der Waals surface area contributed by atoms with Crippen molar-refractivity contribution < 1.29 is 6.22 Å². The second-order valence-electron chi connectivity index (χ2n) is 5.10. The van der Waals surface area contributed by atoms with Crippen LogP contribution in [0.3, 0.4) is 0 Å². The zero-order chi connectivity index (χ0) is 15.4. The van der Waals surface area contributed by atoms with E-state index in [1.54, 1.807) is 18.5 Å². The molecule has 1 heterocycles. The summed E-state index contributed by atoms with van der Waals surface area (Å²) in [5.74, 6) is 0.0198. The molecule has 0 atom stereocenters. The quantitative estimate of drug-likeness (QED) is 0.657. The number of benzene rings is 1. The van der Waals surface area contributed by atoms with Crippen molar-refractivity contribution in [2.24, 2.45) is 10.7 Å². The molecule has 2 aromatic rings. The highest BCUT2D eigenvalue weighted by Crippen LogP contribution is 2.49. The number of hydrogen-bond donors (Lipinski definition) is 2. The second-order valence-corrected chi connectivity index (χ2v) is 6.00. The lowest BCUT2D eigenvalue weighted by Crippen LogP contribution is -2.22. The summed E-state index contributed by atoms with van der Waals surface area (Å²) in [7, 11) is 0. The molecule has 0 bridgehead atoms. The predicted octanol–water partition coefficient (Wildman–Crippen LogP) is 2.93. The molecule has 0 spiro atoms. The Morgan fingerprint density at radius 3 is 2.82 bits per heavy atom. The number of amides is 1. The van der Waals surface area contributed by atoms with Gasteiger partial charge in [0.25, 0.3) is 5.91 Å². The highest BCUT2D eigenvalue weighted by atomic mass is 32.1. The topological polar surface area (TPSA) is 80.4 Å². The third kappa shape index (κ3) is 3.07. The standard InChI is InChI=1S/C16H16N4OS.H2/c17-13(6-9-18-15-19-10-11-22-15)20-14(21)16(7-8-16)12-4-2-1-3-5-12;/h1-6,9-11H,7-8H2,(H,18,19)(H2,17,20,21);1H/b9-6-;. The molecular formula is C16H18N4OS. The van der Waals surface area contributed by atoms with Gasteiger partial charge in [0.2, 0.25) is 0 Å². The first-order valence-electron chi connectivity index (χ1n) is 6.97. The van der Waals surface area contributed by atoms with Gasteiger partial charge in [0.15, 0.2) is 5.13 Å². The van der Waals surface area contributed by atoms with Crippen molar-refractivity contribution in [3.05, 3.63) is 59.7 Å². The van der Waals surface area contributed by atoms with E-state index in [4.69, 9.17) is 5.73 Å². The Balaban J connectivity index is 0.00000192. The number of nitrogens with one attached hydrogen (secondary N) is 1. The zero-order valence-corrected chi connectivity index (χ0v) is 12.7. The molecule has 0 unspecified atom stereocenters. The van der Waals surface area contributed by atoms with Crippen LogP contribution in [0.25, 0.3) is 0 Å². The van der Waals surface area contributed by atoms with Gasteiger partial charge in [-0.2, -0.15) is 4.99 Å². The number of aliphatic imine (C=N–C) groups is 1. The number of nitrogens with two attached hydrogens (primary N) is 1. The Hall–Kier alpha value is -2.47. The molecule has 1 aromatic heterocycles. The van der Waals surface area contributed by atoms with Crippen molar-refractivity contribution in [2.75, 3.05) is 5.32 Å². The molecule has 1 aromatic carbocycles. The Labute approximate surface area is 134 Å². The molecular weight excluding hydrogens is 296 g/mol. The molecule has 0 aliphatic heterocycles. The molecule has 1 aliphatic carbocycles. The van der Waals surface area contributed by atoms with Crippen LogP contribution in [0, 0.1) is 0 Å². The molecule has 3 rings (SSSR count). The summed E-state index contributed by atoms with van der Waals surface area (Å²) in [4.78, 5) is 20.5. The lowest BCUT2D eigenvalue weighted by Gasteiger charge is -2.11. The average molecular weight is 314 g/mol. The number of carbonyl (C=O) groups excluding carboxylic acids is 1. The van der Waals surface area contributed by atoms with Crippen LogP contribution in [0.5, 0.6) is 0 Å². The van der Waals surface area contributed by atoms with Crippen molar-refractivity contribution in [3.8, 4) is 0 Å². The minimum Gasteiger partial charge on any atom is -0.384 e. The van der Waals surface area contributed by atoms with Gasteiger partial charge in [0, 0.05) is 19.2 Å². The van der Waals surface area contributed by atoms with E-state index in [-0.39, 0.29) is 13.2 Å². The van der Waals surface area contributed by atoms with Crippen molar-refractivity contribution in [2.45, 2.75) is 18.3 Å². The van der Waals surface area contributed by atoms with E-state index >= 15 is 0 Å². The predicted molar refractivity (Wildman–Crippen MR) is 91.0 cm³/mol. The second kappa shape index (κ2) is 6.11. The Morgan fingerprint density at radius 1 is 1.41 bits per heavy atom. The summed E-state index contributed by atoms with van der Waals surface area (Å²) in [6, 6.07) is 9.75. The molecule has 1 aliphatic rings. The number of hydrogen-bond acceptors (Lipinski definition) is 4. The van der Waals surface area contributed by atoms with Gasteiger partial charge in [-0.3, -0.25) is 4.79 Å². The molecule has 1 amide bonds. The van der Waals surface area contributed by atoms with Gasteiger partial charge in [0.05, 0.1) is 5.41 Å². The number of thiazole rings is 1. The lowest BCUT2D eigenvalue weighted by molar-refractivity contribution is -0.120.